The monoisotopic (exact) mass is 207 g/mol. The molecule has 4 N–H and O–H groups in total. The Labute approximate surface area is 79.7 Å². The van der Waals surface area contributed by atoms with E-state index < -0.39 is 6.19 Å². The van der Waals surface area contributed by atoms with Crippen LogP contribution in [-0.2, 0) is 11.8 Å². The Morgan fingerprint density at radius 3 is 2.42 bits per heavy atom. The summed E-state index contributed by atoms with van der Waals surface area (Å²) in [5.41, 5.74) is 5.74. The SMILES string of the molecule is CCC(C)P(=S)(CC)NC(=N)N. The van der Waals surface area contributed by atoms with Crippen LogP contribution in [0.25, 0.3) is 0 Å². The Hall–Kier alpha value is -0.0800. The van der Waals surface area contributed by atoms with Gasteiger partial charge in [0.1, 0.15) is 0 Å². The summed E-state index contributed by atoms with van der Waals surface area (Å²) >= 11 is 5.48. The van der Waals surface area contributed by atoms with Crippen molar-refractivity contribution in [2.24, 2.45) is 5.73 Å². The van der Waals surface area contributed by atoms with E-state index >= 15 is 0 Å². The van der Waals surface area contributed by atoms with E-state index in [2.05, 4.69) is 25.9 Å². The van der Waals surface area contributed by atoms with Crippen LogP contribution >= 0.6 is 6.19 Å². The maximum Gasteiger partial charge on any atom is 0.189 e. The first-order valence-corrected chi connectivity index (χ1v) is 7.23. The van der Waals surface area contributed by atoms with E-state index in [0.29, 0.717) is 5.66 Å². The van der Waals surface area contributed by atoms with Gasteiger partial charge in [-0.25, -0.2) is 0 Å². The minimum atomic E-state index is -1.61. The van der Waals surface area contributed by atoms with Crippen LogP contribution in [0.15, 0.2) is 0 Å². The zero-order chi connectivity index (χ0) is 9.78. The summed E-state index contributed by atoms with van der Waals surface area (Å²) < 4.78 is 0. The van der Waals surface area contributed by atoms with Crippen molar-refractivity contribution < 1.29 is 0 Å². The summed E-state index contributed by atoms with van der Waals surface area (Å²) in [5.74, 6) is 0.0143. The molecule has 0 heterocycles. The molecular weight excluding hydrogens is 189 g/mol. The molecule has 12 heavy (non-hydrogen) atoms. The molecule has 0 amide bonds. The molecule has 0 rings (SSSR count). The molecule has 0 aromatic rings. The van der Waals surface area contributed by atoms with Crippen LogP contribution in [0.5, 0.6) is 0 Å². The molecule has 0 saturated heterocycles. The van der Waals surface area contributed by atoms with Crippen molar-refractivity contribution in [2.75, 3.05) is 6.16 Å². The van der Waals surface area contributed by atoms with E-state index in [0.717, 1.165) is 12.6 Å². The zero-order valence-corrected chi connectivity index (χ0v) is 9.64. The average molecular weight is 207 g/mol. The molecular formula is C7H18N3PS. The molecule has 0 spiro atoms. The Bertz CT molecular complexity index is 205. The number of hydrogen-bond donors (Lipinski definition) is 3. The lowest BCUT2D eigenvalue weighted by Gasteiger charge is -2.27. The summed E-state index contributed by atoms with van der Waals surface area (Å²) in [5, 5.41) is 10.1. The van der Waals surface area contributed by atoms with Crippen molar-refractivity contribution >= 4 is 24.0 Å². The Balaban J connectivity index is 4.45. The number of rotatable bonds is 4. The summed E-state index contributed by atoms with van der Waals surface area (Å²) in [7, 11) is 0. The molecule has 72 valence electrons. The fourth-order valence-electron chi connectivity index (χ4n) is 1.000. The molecule has 0 aromatic carbocycles. The van der Waals surface area contributed by atoms with Crippen molar-refractivity contribution in [2.45, 2.75) is 32.9 Å². The van der Waals surface area contributed by atoms with Crippen LogP contribution in [0.2, 0.25) is 0 Å². The largest absolute Gasteiger partial charge is 0.370 e. The fraction of sp³-hybridized carbons (Fsp3) is 0.857. The molecule has 0 aromatic heterocycles. The van der Waals surface area contributed by atoms with Gasteiger partial charge in [0, 0.05) is 11.8 Å². The molecule has 0 saturated carbocycles. The van der Waals surface area contributed by atoms with Gasteiger partial charge >= 0.3 is 0 Å². The normalized spacial score (nSPS) is 17.9. The van der Waals surface area contributed by atoms with Gasteiger partial charge in [0.05, 0.1) is 0 Å². The summed E-state index contributed by atoms with van der Waals surface area (Å²) in [4.78, 5) is 0. The maximum absolute atomic E-state index is 7.15. The minimum absolute atomic E-state index is 0.0143. The van der Waals surface area contributed by atoms with Crippen LogP contribution in [0.3, 0.4) is 0 Å². The van der Waals surface area contributed by atoms with Crippen molar-refractivity contribution in [1.29, 1.82) is 5.41 Å². The lowest BCUT2D eigenvalue weighted by molar-refractivity contribution is 0.880. The Morgan fingerprint density at radius 1 is 1.67 bits per heavy atom. The Morgan fingerprint density at radius 2 is 2.17 bits per heavy atom. The van der Waals surface area contributed by atoms with Gasteiger partial charge in [0.15, 0.2) is 5.96 Å². The van der Waals surface area contributed by atoms with Crippen molar-refractivity contribution in [3.8, 4) is 0 Å². The first-order chi connectivity index (χ1) is 5.46. The Kier molecular flexibility index (Phi) is 4.80. The maximum atomic E-state index is 7.15. The molecule has 3 nitrogen and oxygen atoms in total. The van der Waals surface area contributed by atoms with Gasteiger partial charge < -0.3 is 10.8 Å². The standard InChI is InChI=1S/C7H18N3PS/c1-4-6(3)11(12,5-2)10-7(8)9/h6H,4-5H2,1-3H3,(H4,8,9,10,12). The molecule has 0 radical (unpaired) electrons. The highest BCUT2D eigenvalue weighted by Crippen LogP contribution is 2.47. The van der Waals surface area contributed by atoms with Gasteiger partial charge in [0.2, 0.25) is 0 Å². The highest BCUT2D eigenvalue weighted by molar-refractivity contribution is 8.14. The average Bonchev–Trinajstić information content (AvgIpc) is 2.01. The minimum Gasteiger partial charge on any atom is -0.370 e. The first-order valence-electron chi connectivity index (χ1n) is 4.17. The first kappa shape index (κ1) is 11.9. The van der Waals surface area contributed by atoms with E-state index in [1.165, 1.54) is 0 Å². The van der Waals surface area contributed by atoms with Gasteiger partial charge in [-0.3, -0.25) is 5.41 Å². The smallest absolute Gasteiger partial charge is 0.189 e. The molecule has 0 fully saturated rings. The lowest BCUT2D eigenvalue weighted by atomic mass is 10.4. The quantitative estimate of drug-likeness (QED) is 0.373. The second-order valence-electron chi connectivity index (χ2n) is 2.89. The van der Waals surface area contributed by atoms with Crippen LogP contribution in [0.1, 0.15) is 27.2 Å². The number of hydrogen-bond acceptors (Lipinski definition) is 2. The van der Waals surface area contributed by atoms with Crippen LogP contribution < -0.4 is 10.8 Å². The van der Waals surface area contributed by atoms with E-state index in [-0.39, 0.29) is 5.96 Å². The molecule has 2 unspecified atom stereocenters. The number of nitrogens with two attached hydrogens (primary N) is 1. The highest BCUT2D eigenvalue weighted by Gasteiger charge is 2.21. The molecule has 5 heteroatoms. The van der Waals surface area contributed by atoms with Crippen LogP contribution in [0.4, 0.5) is 0 Å². The predicted molar refractivity (Wildman–Crippen MR) is 59.6 cm³/mol. The topological polar surface area (TPSA) is 61.9 Å². The van der Waals surface area contributed by atoms with Crippen molar-refractivity contribution in [3.05, 3.63) is 0 Å². The lowest BCUT2D eigenvalue weighted by Crippen LogP contribution is -2.31. The molecule has 0 bridgehead atoms. The third kappa shape index (κ3) is 3.11. The third-order valence-electron chi connectivity index (χ3n) is 2.08. The van der Waals surface area contributed by atoms with E-state index in [1.54, 1.807) is 0 Å². The van der Waals surface area contributed by atoms with Gasteiger partial charge in [-0.05, 0) is 12.6 Å². The second-order valence-corrected chi connectivity index (χ2v) is 8.18. The molecule has 2 atom stereocenters. The van der Waals surface area contributed by atoms with E-state index in [1.807, 2.05) is 0 Å². The highest BCUT2D eigenvalue weighted by atomic mass is 32.4. The van der Waals surface area contributed by atoms with Crippen LogP contribution in [0, 0.1) is 5.41 Å². The second kappa shape index (κ2) is 4.83. The zero-order valence-electron chi connectivity index (χ0n) is 7.92. The van der Waals surface area contributed by atoms with Gasteiger partial charge in [-0.1, -0.05) is 32.6 Å². The number of guanidine groups is 1. The van der Waals surface area contributed by atoms with Gasteiger partial charge in [-0.2, -0.15) is 0 Å². The third-order valence-corrected chi connectivity index (χ3v) is 7.56. The number of nitrogens with one attached hydrogen (secondary N) is 2. The molecule has 0 aliphatic rings. The van der Waals surface area contributed by atoms with Gasteiger partial charge in [0.25, 0.3) is 0 Å². The molecule has 0 aliphatic carbocycles. The summed E-state index contributed by atoms with van der Waals surface area (Å²) in [6.45, 7) is 6.30. The van der Waals surface area contributed by atoms with Crippen LogP contribution in [-0.4, -0.2) is 17.8 Å². The van der Waals surface area contributed by atoms with E-state index in [4.69, 9.17) is 22.9 Å². The fourth-order valence-corrected chi connectivity index (χ4v) is 3.74. The van der Waals surface area contributed by atoms with Gasteiger partial charge in [-0.15, -0.1) is 0 Å². The summed E-state index contributed by atoms with van der Waals surface area (Å²) in [6, 6.07) is 0. The molecule has 0 aliphatic heterocycles. The van der Waals surface area contributed by atoms with Crippen molar-refractivity contribution in [1.82, 2.24) is 5.09 Å². The van der Waals surface area contributed by atoms with Crippen molar-refractivity contribution in [3.63, 3.8) is 0 Å². The summed E-state index contributed by atoms with van der Waals surface area (Å²) in [6.07, 6.45) is 0.347. The predicted octanol–water partition coefficient (Wildman–Crippen LogP) is 1.68. The van der Waals surface area contributed by atoms with E-state index in [9.17, 15) is 0 Å².